The molecule has 1 aromatic carbocycles. The van der Waals surface area contributed by atoms with E-state index in [1.807, 2.05) is 6.92 Å². The smallest absolute Gasteiger partial charge is 0.269 e. The van der Waals surface area contributed by atoms with E-state index in [2.05, 4.69) is 10.3 Å². The Bertz CT molecular complexity index is 689. The van der Waals surface area contributed by atoms with Gasteiger partial charge in [-0.05, 0) is 37.6 Å². The summed E-state index contributed by atoms with van der Waals surface area (Å²) in [4.78, 5) is 27.1. The second-order valence-electron chi connectivity index (χ2n) is 4.69. The predicted molar refractivity (Wildman–Crippen MR) is 86.0 cm³/mol. The molecule has 1 aromatic heterocycles. The number of nitro benzene ring substituents is 1. The third-order valence-corrected chi connectivity index (χ3v) is 4.12. The lowest BCUT2D eigenvalue weighted by atomic mass is 10.2. The number of rotatable bonds is 5. The fraction of sp³-hybridized carbons (Fsp3) is 0.200. The van der Waals surface area contributed by atoms with Crippen LogP contribution >= 0.6 is 11.8 Å². The van der Waals surface area contributed by atoms with Gasteiger partial charge in [-0.3, -0.25) is 19.9 Å². The van der Waals surface area contributed by atoms with Gasteiger partial charge >= 0.3 is 0 Å². The summed E-state index contributed by atoms with van der Waals surface area (Å²) >= 11 is 1.35. The van der Waals surface area contributed by atoms with Crippen LogP contribution in [-0.2, 0) is 4.79 Å². The zero-order chi connectivity index (χ0) is 16.1. The van der Waals surface area contributed by atoms with Crippen molar-refractivity contribution in [1.29, 1.82) is 0 Å². The van der Waals surface area contributed by atoms with Crippen molar-refractivity contribution in [2.24, 2.45) is 0 Å². The van der Waals surface area contributed by atoms with E-state index in [1.165, 1.54) is 23.9 Å². The highest BCUT2D eigenvalue weighted by molar-refractivity contribution is 8.00. The van der Waals surface area contributed by atoms with Crippen LogP contribution in [0.2, 0.25) is 0 Å². The van der Waals surface area contributed by atoms with Crippen molar-refractivity contribution in [2.45, 2.75) is 24.0 Å². The maximum Gasteiger partial charge on any atom is 0.269 e. The number of carbonyl (C=O) groups excluding carboxylic acids is 1. The van der Waals surface area contributed by atoms with Gasteiger partial charge in [-0.1, -0.05) is 0 Å². The lowest BCUT2D eigenvalue weighted by molar-refractivity contribution is -0.384. The maximum atomic E-state index is 12.2. The number of nitrogens with one attached hydrogen (secondary N) is 1. The Morgan fingerprint density at radius 2 is 2.00 bits per heavy atom. The molecule has 1 atom stereocenters. The second kappa shape index (κ2) is 7.04. The Kier molecular flexibility index (Phi) is 5.11. The van der Waals surface area contributed by atoms with Crippen LogP contribution in [0.3, 0.4) is 0 Å². The highest BCUT2D eigenvalue weighted by Gasteiger charge is 2.16. The van der Waals surface area contributed by atoms with Crippen LogP contribution in [0, 0.1) is 17.0 Å². The van der Waals surface area contributed by atoms with Crippen LogP contribution in [0.1, 0.15) is 12.5 Å². The summed E-state index contributed by atoms with van der Waals surface area (Å²) in [5.74, 6) is -0.127. The first-order chi connectivity index (χ1) is 10.5. The number of amides is 1. The number of hydrogen-bond donors (Lipinski definition) is 1. The van der Waals surface area contributed by atoms with E-state index in [9.17, 15) is 14.9 Å². The summed E-state index contributed by atoms with van der Waals surface area (Å²) in [6.45, 7) is 3.66. The molecule has 0 spiro atoms. The van der Waals surface area contributed by atoms with E-state index >= 15 is 0 Å². The first-order valence-corrected chi connectivity index (χ1v) is 7.48. The topological polar surface area (TPSA) is 85.1 Å². The largest absolute Gasteiger partial charge is 0.325 e. The van der Waals surface area contributed by atoms with E-state index in [0.29, 0.717) is 0 Å². The van der Waals surface area contributed by atoms with Gasteiger partial charge in [0.05, 0.1) is 10.2 Å². The zero-order valence-corrected chi connectivity index (χ0v) is 13.0. The van der Waals surface area contributed by atoms with Gasteiger partial charge in [0.15, 0.2) is 0 Å². The van der Waals surface area contributed by atoms with Gasteiger partial charge < -0.3 is 5.32 Å². The molecule has 6 nitrogen and oxygen atoms in total. The minimum atomic E-state index is -0.448. The fourth-order valence-corrected chi connectivity index (χ4v) is 2.62. The van der Waals surface area contributed by atoms with Crippen molar-refractivity contribution in [3.63, 3.8) is 0 Å². The van der Waals surface area contributed by atoms with Gasteiger partial charge in [-0.15, -0.1) is 11.8 Å². The normalized spacial score (nSPS) is 11.7. The number of non-ortho nitro benzene ring substituents is 1. The number of anilines is 1. The summed E-state index contributed by atoms with van der Waals surface area (Å²) in [5, 5.41) is 13.1. The number of nitrogens with zero attached hydrogens (tertiary/aromatic N) is 2. The molecule has 0 bridgehead atoms. The summed E-state index contributed by atoms with van der Waals surface area (Å²) in [5.41, 5.74) is 1.66. The third kappa shape index (κ3) is 4.05. The molecule has 0 fully saturated rings. The highest BCUT2D eigenvalue weighted by Crippen LogP contribution is 2.26. The lowest BCUT2D eigenvalue weighted by Crippen LogP contribution is -2.22. The van der Waals surface area contributed by atoms with E-state index in [4.69, 9.17) is 0 Å². The molecule has 0 aliphatic heterocycles. The Balaban J connectivity index is 1.99. The number of hydrogen-bond acceptors (Lipinski definition) is 5. The Morgan fingerprint density at radius 1 is 1.32 bits per heavy atom. The standard InChI is InChI=1S/C15H15N3O3S/c1-10-9-16-8-7-14(10)17-15(19)11(2)22-13-5-3-12(4-6-13)18(20)21/h3-9,11H,1-2H3,(H,16,17,19). The summed E-state index contributed by atoms with van der Waals surface area (Å²) < 4.78 is 0. The SMILES string of the molecule is Cc1cnccc1NC(=O)C(C)Sc1ccc([N+](=O)[O-])cc1. The summed E-state index contributed by atoms with van der Waals surface area (Å²) in [7, 11) is 0. The van der Waals surface area contributed by atoms with Crippen LogP contribution < -0.4 is 5.32 Å². The predicted octanol–water partition coefficient (Wildman–Crippen LogP) is 3.42. The van der Waals surface area contributed by atoms with Crippen LogP contribution in [0.4, 0.5) is 11.4 Å². The average Bonchev–Trinajstić information content (AvgIpc) is 2.50. The van der Waals surface area contributed by atoms with Crippen molar-refractivity contribution in [3.05, 3.63) is 58.4 Å². The monoisotopic (exact) mass is 317 g/mol. The maximum absolute atomic E-state index is 12.2. The second-order valence-corrected chi connectivity index (χ2v) is 6.11. The minimum absolute atomic E-state index is 0.0360. The Morgan fingerprint density at radius 3 is 2.59 bits per heavy atom. The molecule has 1 heterocycles. The number of aryl methyl sites for hydroxylation is 1. The molecular formula is C15H15N3O3S. The van der Waals surface area contributed by atoms with Gasteiger partial charge in [0.1, 0.15) is 0 Å². The molecule has 114 valence electrons. The van der Waals surface area contributed by atoms with E-state index in [0.717, 1.165) is 16.1 Å². The Labute approximate surface area is 132 Å². The number of aromatic nitrogens is 1. The molecular weight excluding hydrogens is 302 g/mol. The molecule has 2 rings (SSSR count). The van der Waals surface area contributed by atoms with Crippen molar-refractivity contribution in [2.75, 3.05) is 5.32 Å². The van der Waals surface area contributed by atoms with Crippen molar-refractivity contribution in [1.82, 2.24) is 4.98 Å². The number of pyridine rings is 1. The molecule has 0 saturated heterocycles. The van der Waals surface area contributed by atoms with Gasteiger partial charge in [0, 0.05) is 35.1 Å². The molecule has 0 saturated carbocycles. The van der Waals surface area contributed by atoms with E-state index in [1.54, 1.807) is 37.5 Å². The molecule has 22 heavy (non-hydrogen) atoms. The summed E-state index contributed by atoms with van der Waals surface area (Å²) in [6, 6.07) is 7.89. The molecule has 0 radical (unpaired) electrons. The first kappa shape index (κ1) is 16.0. The number of thioether (sulfide) groups is 1. The zero-order valence-electron chi connectivity index (χ0n) is 12.1. The van der Waals surface area contributed by atoms with Crippen molar-refractivity contribution >= 4 is 29.0 Å². The molecule has 7 heteroatoms. The van der Waals surface area contributed by atoms with Crippen LogP contribution in [0.25, 0.3) is 0 Å². The van der Waals surface area contributed by atoms with Crippen LogP contribution in [-0.4, -0.2) is 21.1 Å². The molecule has 1 N–H and O–H groups in total. The molecule has 2 aromatic rings. The van der Waals surface area contributed by atoms with E-state index < -0.39 is 4.92 Å². The highest BCUT2D eigenvalue weighted by atomic mass is 32.2. The van der Waals surface area contributed by atoms with Crippen LogP contribution in [0.5, 0.6) is 0 Å². The average molecular weight is 317 g/mol. The first-order valence-electron chi connectivity index (χ1n) is 6.60. The molecule has 0 aliphatic rings. The Hall–Kier alpha value is -2.41. The summed E-state index contributed by atoms with van der Waals surface area (Å²) in [6.07, 6.45) is 3.31. The van der Waals surface area contributed by atoms with Crippen molar-refractivity contribution < 1.29 is 9.72 Å². The fourth-order valence-electron chi connectivity index (χ4n) is 1.75. The van der Waals surface area contributed by atoms with Gasteiger partial charge in [0.2, 0.25) is 5.91 Å². The van der Waals surface area contributed by atoms with Gasteiger partial charge in [-0.25, -0.2) is 0 Å². The molecule has 1 unspecified atom stereocenters. The number of benzene rings is 1. The quantitative estimate of drug-likeness (QED) is 0.519. The molecule has 1 amide bonds. The lowest BCUT2D eigenvalue weighted by Gasteiger charge is -2.13. The van der Waals surface area contributed by atoms with E-state index in [-0.39, 0.29) is 16.8 Å². The molecule has 0 aliphatic carbocycles. The minimum Gasteiger partial charge on any atom is -0.325 e. The van der Waals surface area contributed by atoms with Crippen molar-refractivity contribution in [3.8, 4) is 0 Å². The third-order valence-electron chi connectivity index (χ3n) is 3.01. The number of carbonyl (C=O) groups is 1. The number of nitro groups is 1. The van der Waals surface area contributed by atoms with Crippen LogP contribution in [0.15, 0.2) is 47.6 Å². The van der Waals surface area contributed by atoms with Gasteiger partial charge in [0.25, 0.3) is 5.69 Å². The van der Waals surface area contributed by atoms with Gasteiger partial charge in [-0.2, -0.15) is 0 Å².